The van der Waals surface area contributed by atoms with E-state index in [0.717, 1.165) is 5.82 Å². The molecular formula is C13H16N2. The first-order valence-corrected chi connectivity index (χ1v) is 5.29. The minimum atomic E-state index is 0.446. The molecule has 0 aliphatic heterocycles. The first-order valence-electron chi connectivity index (χ1n) is 5.29. The average molecular weight is 200 g/mol. The summed E-state index contributed by atoms with van der Waals surface area (Å²) in [5.74, 6) is 1.06. The predicted octanol–water partition coefficient (Wildman–Crippen LogP) is 3.44. The summed E-state index contributed by atoms with van der Waals surface area (Å²) in [4.78, 5) is 4.43. The van der Waals surface area contributed by atoms with E-state index in [4.69, 9.17) is 0 Å². The maximum Gasteiger partial charge on any atom is 0.140 e. The highest BCUT2D eigenvalue weighted by Gasteiger charge is 2.09. The predicted molar refractivity (Wildman–Crippen MR) is 62.8 cm³/mol. The molecule has 2 nitrogen and oxygen atoms in total. The van der Waals surface area contributed by atoms with Gasteiger partial charge < -0.3 is 4.57 Å². The number of hydrogen-bond acceptors (Lipinski definition) is 1. The van der Waals surface area contributed by atoms with E-state index >= 15 is 0 Å². The molecule has 0 fully saturated rings. The second-order valence-corrected chi connectivity index (χ2v) is 4.07. The van der Waals surface area contributed by atoms with Gasteiger partial charge in [0.25, 0.3) is 0 Å². The maximum absolute atomic E-state index is 4.43. The monoisotopic (exact) mass is 200 g/mol. The van der Waals surface area contributed by atoms with E-state index in [1.165, 1.54) is 11.1 Å². The van der Waals surface area contributed by atoms with Gasteiger partial charge in [-0.2, -0.15) is 0 Å². The number of nitrogens with zero attached hydrogens (tertiary/aromatic N) is 2. The van der Waals surface area contributed by atoms with Crippen LogP contribution in [0.25, 0.3) is 11.4 Å². The Hall–Kier alpha value is -1.57. The minimum absolute atomic E-state index is 0.446. The van der Waals surface area contributed by atoms with Crippen LogP contribution < -0.4 is 0 Å². The zero-order valence-corrected chi connectivity index (χ0v) is 9.44. The van der Waals surface area contributed by atoms with Crippen molar-refractivity contribution in [1.29, 1.82) is 0 Å². The van der Waals surface area contributed by atoms with E-state index in [1.54, 1.807) is 0 Å². The molecule has 1 aromatic carbocycles. The molecular weight excluding hydrogens is 184 g/mol. The molecule has 15 heavy (non-hydrogen) atoms. The van der Waals surface area contributed by atoms with Crippen molar-refractivity contribution in [1.82, 2.24) is 9.55 Å². The lowest BCUT2D eigenvalue weighted by molar-refractivity contribution is 0.606. The summed E-state index contributed by atoms with van der Waals surface area (Å²) in [6.45, 7) is 6.46. The van der Waals surface area contributed by atoms with Crippen molar-refractivity contribution < 1.29 is 0 Å². The first-order chi connectivity index (χ1) is 7.20. The Kier molecular flexibility index (Phi) is 2.58. The molecule has 2 rings (SSSR count). The van der Waals surface area contributed by atoms with Gasteiger partial charge in [0.2, 0.25) is 0 Å². The first kappa shape index (κ1) is 9.97. The van der Waals surface area contributed by atoms with Crippen molar-refractivity contribution in [3.8, 4) is 11.4 Å². The molecule has 0 aliphatic carbocycles. The molecule has 0 atom stereocenters. The van der Waals surface area contributed by atoms with E-state index in [2.05, 4.69) is 54.6 Å². The summed E-state index contributed by atoms with van der Waals surface area (Å²) in [5.41, 5.74) is 2.49. The van der Waals surface area contributed by atoms with Crippen molar-refractivity contribution in [3.05, 3.63) is 42.2 Å². The van der Waals surface area contributed by atoms with Crippen LogP contribution in [-0.4, -0.2) is 9.55 Å². The quantitative estimate of drug-likeness (QED) is 0.726. The van der Waals surface area contributed by atoms with Crippen LogP contribution in [0, 0.1) is 6.92 Å². The fraction of sp³-hybridized carbons (Fsp3) is 0.308. The largest absolute Gasteiger partial charge is 0.328 e. The highest BCUT2D eigenvalue weighted by molar-refractivity contribution is 5.60. The number of rotatable bonds is 2. The summed E-state index contributed by atoms with van der Waals surface area (Å²) >= 11 is 0. The molecule has 0 saturated carbocycles. The molecule has 0 radical (unpaired) electrons. The molecule has 0 saturated heterocycles. The highest BCUT2D eigenvalue weighted by Crippen LogP contribution is 2.23. The second-order valence-electron chi connectivity index (χ2n) is 4.07. The molecule has 0 amide bonds. The molecule has 1 aromatic heterocycles. The van der Waals surface area contributed by atoms with Crippen molar-refractivity contribution in [2.75, 3.05) is 0 Å². The van der Waals surface area contributed by atoms with Crippen molar-refractivity contribution in [3.63, 3.8) is 0 Å². The van der Waals surface area contributed by atoms with Crippen LogP contribution in [0.15, 0.2) is 36.7 Å². The fourth-order valence-electron chi connectivity index (χ4n) is 1.76. The minimum Gasteiger partial charge on any atom is -0.328 e. The van der Waals surface area contributed by atoms with Crippen LogP contribution in [0.2, 0.25) is 0 Å². The molecule has 2 aromatic rings. The molecule has 78 valence electrons. The molecule has 0 spiro atoms. The lowest BCUT2D eigenvalue weighted by atomic mass is 10.1. The summed E-state index contributed by atoms with van der Waals surface area (Å²) in [5, 5.41) is 0. The topological polar surface area (TPSA) is 17.8 Å². The van der Waals surface area contributed by atoms with Crippen LogP contribution in [0.4, 0.5) is 0 Å². The van der Waals surface area contributed by atoms with Gasteiger partial charge >= 0.3 is 0 Å². The van der Waals surface area contributed by atoms with Gasteiger partial charge in [0.1, 0.15) is 5.82 Å². The zero-order valence-electron chi connectivity index (χ0n) is 9.44. The van der Waals surface area contributed by atoms with Crippen LogP contribution >= 0.6 is 0 Å². The molecule has 0 N–H and O–H groups in total. The zero-order chi connectivity index (χ0) is 10.8. The number of imidazole rings is 1. The van der Waals surface area contributed by atoms with Gasteiger partial charge in [-0.25, -0.2) is 4.98 Å². The second kappa shape index (κ2) is 3.89. The van der Waals surface area contributed by atoms with Crippen LogP contribution in [0.1, 0.15) is 25.5 Å². The van der Waals surface area contributed by atoms with Gasteiger partial charge in [-0.15, -0.1) is 0 Å². The van der Waals surface area contributed by atoms with Gasteiger partial charge in [-0.3, -0.25) is 0 Å². The Labute approximate surface area is 90.6 Å². The maximum atomic E-state index is 4.43. The third-order valence-electron chi connectivity index (χ3n) is 2.61. The summed E-state index contributed by atoms with van der Waals surface area (Å²) in [6, 6.07) is 8.80. The van der Waals surface area contributed by atoms with Gasteiger partial charge in [-0.1, -0.05) is 24.3 Å². The van der Waals surface area contributed by atoms with Crippen molar-refractivity contribution in [2.45, 2.75) is 26.8 Å². The van der Waals surface area contributed by atoms with E-state index in [9.17, 15) is 0 Å². The fourth-order valence-corrected chi connectivity index (χ4v) is 1.76. The van der Waals surface area contributed by atoms with Crippen LogP contribution in [-0.2, 0) is 0 Å². The smallest absolute Gasteiger partial charge is 0.140 e. The number of benzene rings is 1. The average Bonchev–Trinajstić information content (AvgIpc) is 2.67. The highest BCUT2D eigenvalue weighted by atomic mass is 15.1. The third kappa shape index (κ3) is 1.80. The standard InChI is InChI=1S/C13H16N2/c1-10(2)15-9-8-14-13(15)12-7-5-4-6-11(12)3/h4-10H,1-3H3. The molecule has 1 heterocycles. The Bertz CT molecular complexity index is 455. The Balaban J connectivity index is 2.55. The lowest BCUT2D eigenvalue weighted by Crippen LogP contribution is -2.02. The van der Waals surface area contributed by atoms with Crippen LogP contribution in [0.3, 0.4) is 0 Å². The molecule has 0 unspecified atom stereocenters. The molecule has 0 bridgehead atoms. The third-order valence-corrected chi connectivity index (χ3v) is 2.61. The normalized spacial score (nSPS) is 10.9. The molecule has 0 aliphatic rings. The lowest BCUT2D eigenvalue weighted by Gasteiger charge is -2.12. The van der Waals surface area contributed by atoms with Crippen LogP contribution in [0.5, 0.6) is 0 Å². The van der Waals surface area contributed by atoms with Gasteiger partial charge in [0, 0.05) is 24.0 Å². The number of hydrogen-bond donors (Lipinski definition) is 0. The number of aryl methyl sites for hydroxylation is 1. The van der Waals surface area contributed by atoms with Gasteiger partial charge in [0.05, 0.1) is 0 Å². The van der Waals surface area contributed by atoms with E-state index in [1.807, 2.05) is 12.4 Å². The Morgan fingerprint density at radius 2 is 1.93 bits per heavy atom. The summed E-state index contributed by atoms with van der Waals surface area (Å²) in [7, 11) is 0. The summed E-state index contributed by atoms with van der Waals surface area (Å²) in [6.07, 6.45) is 3.90. The van der Waals surface area contributed by atoms with E-state index in [0.29, 0.717) is 6.04 Å². The SMILES string of the molecule is Cc1ccccc1-c1nccn1C(C)C. The van der Waals surface area contributed by atoms with Gasteiger partial charge in [0.15, 0.2) is 0 Å². The Morgan fingerprint density at radius 3 is 2.60 bits per heavy atom. The number of aromatic nitrogens is 2. The molecule has 2 heteroatoms. The Morgan fingerprint density at radius 1 is 1.20 bits per heavy atom. The van der Waals surface area contributed by atoms with Crippen molar-refractivity contribution in [2.24, 2.45) is 0 Å². The summed E-state index contributed by atoms with van der Waals surface area (Å²) < 4.78 is 2.20. The van der Waals surface area contributed by atoms with E-state index < -0.39 is 0 Å². The van der Waals surface area contributed by atoms with E-state index in [-0.39, 0.29) is 0 Å². The van der Waals surface area contributed by atoms with Crippen molar-refractivity contribution >= 4 is 0 Å². The van der Waals surface area contributed by atoms with Gasteiger partial charge in [-0.05, 0) is 26.3 Å².